The van der Waals surface area contributed by atoms with Crippen LogP contribution in [-0.2, 0) is 12.0 Å². The Kier molecular flexibility index (Phi) is 6.64. The summed E-state index contributed by atoms with van der Waals surface area (Å²) in [5.41, 5.74) is -3.51. The fourth-order valence-electron chi connectivity index (χ4n) is 4.64. The lowest BCUT2D eigenvalue weighted by Crippen LogP contribution is -2.52. The van der Waals surface area contributed by atoms with Gasteiger partial charge >= 0.3 is 6.18 Å². The summed E-state index contributed by atoms with van der Waals surface area (Å²) in [6.45, 7) is 2.62. The number of allylic oxidation sites excluding steroid dienone is 2. The lowest BCUT2D eigenvalue weighted by Gasteiger charge is -2.39. The summed E-state index contributed by atoms with van der Waals surface area (Å²) in [7, 11) is 0.809. The highest BCUT2D eigenvalue weighted by atomic mass is 32.2. The lowest BCUT2D eigenvalue weighted by atomic mass is 9.74. The van der Waals surface area contributed by atoms with Gasteiger partial charge in [-0.3, -0.25) is 4.79 Å². The summed E-state index contributed by atoms with van der Waals surface area (Å²) in [5.74, 6) is 0.472. The fourth-order valence-corrected chi connectivity index (χ4v) is 6.18. The second-order valence-electron chi connectivity index (χ2n) is 9.39. The zero-order chi connectivity index (χ0) is 25.4. The standard InChI is InChI=1S/C27H28F3NO3S/c1-25(2,21-16-19(10-11-24(21)34-3)35-14-6-7-15-35)17-26(33,27(28,29)30)18-31-13-12-23(32)20-8-4-5-9-22(20)31/h4-16,33,35H,17-18H2,1-3H3. The van der Waals surface area contributed by atoms with Crippen LogP contribution in [0.15, 0.2) is 87.4 Å². The van der Waals surface area contributed by atoms with Crippen LogP contribution in [0.4, 0.5) is 13.2 Å². The average Bonchev–Trinajstić information content (AvgIpc) is 3.35. The van der Waals surface area contributed by atoms with Gasteiger partial charge in [0.2, 0.25) is 0 Å². The number of para-hydroxylation sites is 1. The van der Waals surface area contributed by atoms with Crippen LogP contribution < -0.4 is 10.2 Å². The quantitative estimate of drug-likeness (QED) is 0.385. The average molecular weight is 504 g/mol. The van der Waals surface area contributed by atoms with Crippen molar-refractivity contribution in [1.82, 2.24) is 4.57 Å². The maximum Gasteiger partial charge on any atom is 0.418 e. The molecular formula is C27H28F3NO3S. The van der Waals surface area contributed by atoms with Crippen molar-refractivity contribution < 1.29 is 23.0 Å². The third-order valence-electron chi connectivity index (χ3n) is 6.39. The number of methoxy groups -OCH3 is 1. The molecule has 0 radical (unpaired) electrons. The van der Waals surface area contributed by atoms with Crippen LogP contribution in [-0.4, -0.2) is 28.6 Å². The monoisotopic (exact) mass is 503 g/mol. The molecule has 1 N–H and O–H groups in total. The molecule has 4 rings (SSSR count). The number of alkyl halides is 3. The number of pyridine rings is 1. The van der Waals surface area contributed by atoms with E-state index in [1.54, 1.807) is 44.2 Å². The number of benzene rings is 2. The highest BCUT2D eigenvalue weighted by molar-refractivity contribution is 8.22. The first kappa shape index (κ1) is 25.1. The van der Waals surface area contributed by atoms with E-state index in [4.69, 9.17) is 4.74 Å². The Morgan fingerprint density at radius 1 is 1.03 bits per heavy atom. The maximum atomic E-state index is 14.5. The molecule has 1 aliphatic rings. The van der Waals surface area contributed by atoms with Crippen molar-refractivity contribution in [2.75, 3.05) is 7.11 Å². The zero-order valence-electron chi connectivity index (χ0n) is 19.7. The number of thiol groups is 1. The number of ether oxygens (including phenoxy) is 1. The summed E-state index contributed by atoms with van der Waals surface area (Å²) < 4.78 is 50.2. The Hall–Kier alpha value is -2.97. The van der Waals surface area contributed by atoms with Crippen LogP contribution in [0.2, 0.25) is 0 Å². The van der Waals surface area contributed by atoms with E-state index in [1.165, 1.54) is 23.9 Å². The molecule has 35 heavy (non-hydrogen) atoms. The van der Waals surface area contributed by atoms with Gasteiger partial charge in [0.1, 0.15) is 5.75 Å². The van der Waals surface area contributed by atoms with Crippen molar-refractivity contribution in [1.29, 1.82) is 0 Å². The van der Waals surface area contributed by atoms with Crippen molar-refractivity contribution in [3.05, 3.63) is 93.5 Å². The minimum atomic E-state index is -4.92. The molecule has 1 atom stereocenters. The van der Waals surface area contributed by atoms with Crippen molar-refractivity contribution >= 4 is 21.8 Å². The first-order valence-corrected chi connectivity index (χ1v) is 12.6. The Labute approximate surface area is 204 Å². The SMILES string of the molecule is COc1ccc([SH]2C=CC=C2)cc1C(C)(C)CC(O)(Cn1ccc(=O)c2ccccc21)C(F)(F)F. The van der Waals surface area contributed by atoms with E-state index in [0.29, 0.717) is 22.2 Å². The smallest absolute Gasteiger partial charge is 0.418 e. The molecule has 4 nitrogen and oxygen atoms in total. The lowest BCUT2D eigenvalue weighted by molar-refractivity contribution is -0.271. The van der Waals surface area contributed by atoms with Gasteiger partial charge in [-0.2, -0.15) is 24.1 Å². The number of nitrogens with zero attached hydrogens (tertiary/aromatic N) is 1. The van der Waals surface area contributed by atoms with E-state index in [0.717, 1.165) is 4.90 Å². The molecule has 0 spiro atoms. The number of aliphatic hydroxyl groups is 1. The molecule has 2 heterocycles. The molecule has 0 fully saturated rings. The van der Waals surface area contributed by atoms with Gasteiger partial charge in [-0.1, -0.05) is 38.1 Å². The van der Waals surface area contributed by atoms with Gasteiger partial charge in [0.25, 0.3) is 0 Å². The van der Waals surface area contributed by atoms with Crippen LogP contribution in [0.5, 0.6) is 5.75 Å². The van der Waals surface area contributed by atoms with Crippen LogP contribution in [0.25, 0.3) is 10.9 Å². The zero-order valence-corrected chi connectivity index (χ0v) is 20.6. The fraction of sp³-hybridized carbons (Fsp3) is 0.296. The van der Waals surface area contributed by atoms with E-state index < -0.39 is 41.1 Å². The molecule has 186 valence electrons. The molecule has 0 bridgehead atoms. The number of aromatic nitrogens is 1. The second-order valence-corrected chi connectivity index (χ2v) is 11.3. The molecule has 3 aromatic rings. The maximum absolute atomic E-state index is 14.5. The van der Waals surface area contributed by atoms with E-state index in [9.17, 15) is 23.1 Å². The predicted molar refractivity (Wildman–Crippen MR) is 135 cm³/mol. The molecule has 0 amide bonds. The number of halogens is 3. The van der Waals surface area contributed by atoms with Gasteiger partial charge in [-0.25, -0.2) is 0 Å². The summed E-state index contributed by atoms with van der Waals surface area (Å²) in [4.78, 5) is 13.2. The van der Waals surface area contributed by atoms with E-state index in [2.05, 4.69) is 10.8 Å². The largest absolute Gasteiger partial charge is 0.496 e. The Bertz CT molecular complexity index is 1350. The molecule has 0 aliphatic carbocycles. The van der Waals surface area contributed by atoms with E-state index >= 15 is 0 Å². The summed E-state index contributed by atoms with van der Waals surface area (Å²) in [6, 6.07) is 13.3. The van der Waals surface area contributed by atoms with Crippen molar-refractivity contribution in [2.24, 2.45) is 0 Å². The van der Waals surface area contributed by atoms with Gasteiger partial charge in [-0.15, -0.1) is 0 Å². The minimum absolute atomic E-state index is 0.286. The van der Waals surface area contributed by atoms with Crippen LogP contribution >= 0.6 is 10.9 Å². The Morgan fingerprint density at radius 3 is 2.37 bits per heavy atom. The topological polar surface area (TPSA) is 51.5 Å². The normalized spacial score (nSPS) is 16.6. The van der Waals surface area contributed by atoms with Gasteiger partial charge in [-0.05, 0) is 57.9 Å². The van der Waals surface area contributed by atoms with Crippen LogP contribution in [0, 0.1) is 0 Å². The second kappa shape index (κ2) is 9.24. The predicted octanol–water partition coefficient (Wildman–Crippen LogP) is 6.07. The first-order valence-electron chi connectivity index (χ1n) is 11.1. The highest BCUT2D eigenvalue weighted by Crippen LogP contribution is 2.48. The molecule has 2 aromatic carbocycles. The number of rotatable bonds is 7. The van der Waals surface area contributed by atoms with Gasteiger partial charge < -0.3 is 14.4 Å². The Balaban J connectivity index is 1.76. The first-order chi connectivity index (χ1) is 16.4. The number of hydrogen-bond donors (Lipinski definition) is 2. The molecule has 1 aliphatic heterocycles. The molecule has 0 saturated heterocycles. The molecule has 0 saturated carbocycles. The van der Waals surface area contributed by atoms with Crippen molar-refractivity contribution in [3.8, 4) is 5.75 Å². The summed E-state index contributed by atoms with van der Waals surface area (Å²) in [5, 5.41) is 15.6. The molecule has 8 heteroatoms. The Morgan fingerprint density at radius 2 is 1.71 bits per heavy atom. The van der Waals surface area contributed by atoms with Crippen LogP contribution in [0.1, 0.15) is 25.8 Å². The van der Waals surface area contributed by atoms with E-state index in [-0.39, 0.29) is 5.43 Å². The molecule has 1 aromatic heterocycles. The van der Waals surface area contributed by atoms with Crippen molar-refractivity contribution in [2.45, 2.75) is 48.9 Å². The van der Waals surface area contributed by atoms with Gasteiger partial charge in [0.05, 0.1) is 19.2 Å². The number of hydrogen-bond acceptors (Lipinski definition) is 3. The van der Waals surface area contributed by atoms with Crippen molar-refractivity contribution in [3.63, 3.8) is 0 Å². The molecular weight excluding hydrogens is 475 g/mol. The third-order valence-corrected chi connectivity index (χ3v) is 8.25. The van der Waals surface area contributed by atoms with Gasteiger partial charge in [0.15, 0.2) is 11.0 Å². The molecule has 1 unspecified atom stereocenters. The highest BCUT2D eigenvalue weighted by Gasteiger charge is 2.56. The van der Waals surface area contributed by atoms with Crippen LogP contribution in [0.3, 0.4) is 0 Å². The summed E-state index contributed by atoms with van der Waals surface area (Å²) >= 11 is 0. The summed E-state index contributed by atoms with van der Waals surface area (Å²) in [6.07, 6.45) is -0.305. The van der Waals surface area contributed by atoms with E-state index in [1.807, 2.05) is 24.3 Å². The minimum Gasteiger partial charge on any atom is -0.496 e. The number of fused-ring (bicyclic) bond motifs is 1. The van der Waals surface area contributed by atoms with Gasteiger partial charge in [0, 0.05) is 23.2 Å². The third kappa shape index (κ3) is 4.90.